The number of carbonyl (C=O) groups excluding carboxylic acids is 2. The average molecular weight is 615 g/mol. The van der Waals surface area contributed by atoms with Crippen molar-refractivity contribution in [2.75, 3.05) is 25.9 Å². The number of methoxy groups -OCH3 is 1. The van der Waals surface area contributed by atoms with Crippen molar-refractivity contribution in [3.05, 3.63) is 30.5 Å². The van der Waals surface area contributed by atoms with E-state index in [-0.39, 0.29) is 29.7 Å². The van der Waals surface area contributed by atoms with E-state index in [1.165, 1.54) is 0 Å². The van der Waals surface area contributed by atoms with Gasteiger partial charge < -0.3 is 30.9 Å². The number of ether oxygens (including phenoxy) is 2. The summed E-state index contributed by atoms with van der Waals surface area (Å²) in [7, 11) is 1.68. The van der Waals surface area contributed by atoms with E-state index in [4.69, 9.17) is 15.2 Å². The molecular weight excluding hydrogens is 560 g/mol. The van der Waals surface area contributed by atoms with E-state index in [1.54, 1.807) is 14.0 Å². The van der Waals surface area contributed by atoms with Gasteiger partial charge in [-0.05, 0) is 84.0 Å². The minimum Gasteiger partial charge on any atom is -0.459 e. The van der Waals surface area contributed by atoms with Crippen LogP contribution >= 0.6 is 0 Å². The van der Waals surface area contributed by atoms with Crippen molar-refractivity contribution in [3.8, 4) is 11.3 Å². The van der Waals surface area contributed by atoms with Crippen molar-refractivity contribution in [2.24, 2.45) is 17.8 Å². The molecule has 3 rings (SSSR count). The highest BCUT2D eigenvalue weighted by Crippen LogP contribution is 2.30. The summed E-state index contributed by atoms with van der Waals surface area (Å²) in [5.41, 5.74) is 7.78. The van der Waals surface area contributed by atoms with Gasteiger partial charge in [-0.25, -0.2) is 0 Å². The summed E-state index contributed by atoms with van der Waals surface area (Å²) in [6.45, 7) is 13.6. The molecule has 1 aliphatic heterocycles. The predicted octanol–water partition coefficient (Wildman–Crippen LogP) is 3.60. The SMILES string of the molecule is CC[C@H]1OC(=O)[C@H](C)C(=O)[C@H](C)C[C@](C)(OC)C[C@@H](C)CN[C@H](C)[C@@H](NCCCCn2cc(-c3cccc(N)c3)nn2)[C@@H]1O. The van der Waals surface area contributed by atoms with Crippen molar-refractivity contribution in [1.29, 1.82) is 0 Å². The maximum atomic E-state index is 13.2. The summed E-state index contributed by atoms with van der Waals surface area (Å²) in [4.78, 5) is 26.3. The highest BCUT2D eigenvalue weighted by atomic mass is 16.6. The molecule has 0 radical (unpaired) electrons. The molecule has 246 valence electrons. The number of nitrogens with one attached hydrogen (secondary N) is 2. The fourth-order valence-electron chi connectivity index (χ4n) is 6.24. The Labute approximate surface area is 262 Å². The minimum absolute atomic E-state index is 0.117. The first-order valence-corrected chi connectivity index (χ1v) is 16.1. The van der Waals surface area contributed by atoms with Crippen LogP contribution in [0.3, 0.4) is 0 Å². The van der Waals surface area contributed by atoms with E-state index in [0.717, 1.165) is 30.5 Å². The standard InChI is InChI=1S/C33H54N6O5/c1-8-28-31(41)29(35-14-9-10-15-39-20-27(37-38-39)25-12-11-13-26(34)16-25)24(5)36-19-21(2)17-33(6,43-7)18-22(3)30(40)23(4)32(42)44-28/h11-13,16,20-24,28-29,31,35-36,41H,8-10,14-15,17-19,34H2,1-7H3/t21-,22-,23-,24-,28-,29-,31-,33-/m1/s1. The Kier molecular flexibility index (Phi) is 13.3. The summed E-state index contributed by atoms with van der Waals surface area (Å²) in [5, 5.41) is 27.2. The van der Waals surface area contributed by atoms with Crippen LogP contribution in [0.1, 0.15) is 73.6 Å². The number of nitrogens with two attached hydrogens (primary N) is 1. The predicted molar refractivity (Wildman–Crippen MR) is 172 cm³/mol. The van der Waals surface area contributed by atoms with Crippen LogP contribution in [0.25, 0.3) is 11.3 Å². The summed E-state index contributed by atoms with van der Waals surface area (Å²) in [5.74, 6) is -1.80. The number of aliphatic hydroxyl groups is 1. The maximum Gasteiger partial charge on any atom is 0.316 e. The Morgan fingerprint density at radius 2 is 1.95 bits per heavy atom. The number of carbonyl (C=O) groups is 2. The van der Waals surface area contributed by atoms with E-state index in [2.05, 4.69) is 27.9 Å². The van der Waals surface area contributed by atoms with Crippen LogP contribution in [0.5, 0.6) is 0 Å². The Hall–Kier alpha value is -2.86. The second-order valence-electron chi connectivity index (χ2n) is 12.9. The molecule has 5 N–H and O–H groups in total. The molecule has 0 aliphatic carbocycles. The topological polar surface area (TPSA) is 154 Å². The number of esters is 1. The first kappa shape index (κ1) is 35.6. The van der Waals surface area contributed by atoms with Gasteiger partial charge in [0.25, 0.3) is 0 Å². The van der Waals surface area contributed by atoms with Crippen molar-refractivity contribution >= 4 is 17.4 Å². The van der Waals surface area contributed by atoms with Crippen molar-refractivity contribution in [3.63, 3.8) is 0 Å². The fourth-order valence-corrected chi connectivity index (χ4v) is 6.24. The summed E-state index contributed by atoms with van der Waals surface area (Å²) < 4.78 is 13.5. The molecule has 11 nitrogen and oxygen atoms in total. The Balaban J connectivity index is 1.67. The van der Waals surface area contributed by atoms with E-state index < -0.39 is 29.7 Å². The molecule has 0 unspecified atom stereocenters. The molecule has 1 aromatic carbocycles. The van der Waals surface area contributed by atoms with E-state index in [9.17, 15) is 14.7 Å². The van der Waals surface area contributed by atoms with Crippen LogP contribution in [0.15, 0.2) is 30.5 Å². The molecule has 0 bridgehead atoms. The number of anilines is 1. The number of aromatic nitrogens is 3. The Morgan fingerprint density at radius 3 is 2.64 bits per heavy atom. The second kappa shape index (κ2) is 16.5. The number of unbranched alkanes of at least 4 members (excludes halogenated alkanes) is 1. The van der Waals surface area contributed by atoms with Gasteiger partial charge in [-0.15, -0.1) is 5.10 Å². The molecule has 1 aliphatic rings. The largest absolute Gasteiger partial charge is 0.459 e. The van der Waals surface area contributed by atoms with Gasteiger partial charge in [-0.3, -0.25) is 14.3 Å². The first-order valence-electron chi connectivity index (χ1n) is 16.1. The van der Waals surface area contributed by atoms with Crippen molar-refractivity contribution < 1.29 is 24.2 Å². The van der Waals surface area contributed by atoms with Gasteiger partial charge in [0.1, 0.15) is 29.6 Å². The maximum absolute atomic E-state index is 13.2. The number of nitrogen functional groups attached to an aromatic ring is 1. The molecular formula is C33H54N6O5. The van der Waals surface area contributed by atoms with Crippen molar-refractivity contribution in [1.82, 2.24) is 25.6 Å². The minimum atomic E-state index is -0.966. The Bertz CT molecular complexity index is 1210. The third kappa shape index (κ3) is 9.82. The van der Waals surface area contributed by atoms with Crippen molar-refractivity contribution in [2.45, 2.75) is 110 Å². The first-order chi connectivity index (χ1) is 20.9. The molecule has 8 atom stereocenters. The van der Waals surface area contributed by atoms with Gasteiger partial charge >= 0.3 is 5.97 Å². The van der Waals surface area contributed by atoms with Crippen LogP contribution in [-0.2, 0) is 25.6 Å². The van der Waals surface area contributed by atoms with Crippen LogP contribution < -0.4 is 16.4 Å². The lowest BCUT2D eigenvalue weighted by Gasteiger charge is -2.35. The number of hydrogen-bond donors (Lipinski definition) is 4. The molecule has 0 saturated carbocycles. The normalized spacial score (nSPS) is 31.2. The van der Waals surface area contributed by atoms with Gasteiger partial charge in [0.2, 0.25) is 0 Å². The molecule has 0 spiro atoms. The van der Waals surface area contributed by atoms with Gasteiger partial charge in [0.05, 0.1) is 17.8 Å². The molecule has 1 aromatic heterocycles. The summed E-state index contributed by atoms with van der Waals surface area (Å²) >= 11 is 0. The van der Waals surface area contributed by atoms with Gasteiger partial charge in [0, 0.05) is 36.9 Å². The summed E-state index contributed by atoms with van der Waals surface area (Å²) in [6, 6.07) is 7.07. The molecule has 44 heavy (non-hydrogen) atoms. The number of benzene rings is 1. The van der Waals surface area contributed by atoms with E-state index >= 15 is 0 Å². The zero-order valence-electron chi connectivity index (χ0n) is 27.6. The third-order valence-corrected chi connectivity index (χ3v) is 8.94. The molecule has 1 saturated heterocycles. The monoisotopic (exact) mass is 614 g/mol. The van der Waals surface area contributed by atoms with Crippen LogP contribution in [0, 0.1) is 17.8 Å². The number of aryl methyl sites for hydroxylation is 1. The smallest absolute Gasteiger partial charge is 0.316 e. The summed E-state index contributed by atoms with van der Waals surface area (Å²) in [6.07, 6.45) is 3.59. The Morgan fingerprint density at radius 1 is 1.20 bits per heavy atom. The number of rotatable bonds is 9. The molecule has 2 aromatic rings. The quantitative estimate of drug-likeness (QED) is 0.143. The lowest BCUT2D eigenvalue weighted by molar-refractivity contribution is -0.164. The number of ketones is 1. The highest BCUT2D eigenvalue weighted by Gasteiger charge is 2.38. The number of Topliss-reactive ketones (excluding diaryl/α,β-unsaturated/α-hetero) is 1. The van der Waals surface area contributed by atoms with E-state index in [0.29, 0.717) is 38.2 Å². The lowest BCUT2D eigenvalue weighted by atomic mass is 9.81. The number of cyclic esters (lactones) is 1. The zero-order valence-corrected chi connectivity index (χ0v) is 27.6. The zero-order chi connectivity index (χ0) is 32.4. The molecule has 11 heteroatoms. The average Bonchev–Trinajstić information content (AvgIpc) is 3.47. The van der Waals surface area contributed by atoms with Crippen LogP contribution in [0.2, 0.25) is 0 Å². The lowest BCUT2D eigenvalue weighted by Crippen LogP contribution is -2.57. The van der Waals surface area contributed by atoms with Crippen LogP contribution in [-0.4, -0.2) is 81.9 Å². The molecule has 0 amide bonds. The molecule has 1 fully saturated rings. The number of aliphatic hydroxyl groups excluding tert-OH is 1. The second-order valence-corrected chi connectivity index (χ2v) is 12.9. The number of nitrogens with zero attached hydrogens (tertiary/aromatic N) is 3. The van der Waals surface area contributed by atoms with E-state index in [1.807, 2.05) is 62.8 Å². The highest BCUT2D eigenvalue weighted by molar-refractivity contribution is 5.99. The third-order valence-electron chi connectivity index (χ3n) is 8.94. The van der Waals surface area contributed by atoms with Crippen LogP contribution in [0.4, 0.5) is 5.69 Å². The molecule has 2 heterocycles. The fraction of sp³-hybridized carbons (Fsp3) is 0.697. The van der Waals surface area contributed by atoms with Gasteiger partial charge in [-0.2, -0.15) is 0 Å². The van der Waals surface area contributed by atoms with Gasteiger partial charge in [-0.1, -0.05) is 38.1 Å². The number of hydrogen-bond acceptors (Lipinski definition) is 10. The van der Waals surface area contributed by atoms with Gasteiger partial charge in [0.15, 0.2) is 0 Å².